The predicted octanol–water partition coefficient (Wildman–Crippen LogP) is 2.22. The van der Waals surface area contributed by atoms with Gasteiger partial charge in [-0.2, -0.15) is 0 Å². The Balaban J connectivity index is 0. The molecular weight excluding hydrogens is 234 g/mol. The van der Waals surface area contributed by atoms with Crippen LogP contribution in [0.5, 0.6) is 0 Å². The van der Waals surface area contributed by atoms with Gasteiger partial charge < -0.3 is 13.4 Å². The third-order valence-corrected chi connectivity index (χ3v) is 5.94. The van der Waals surface area contributed by atoms with Crippen molar-refractivity contribution in [3.63, 3.8) is 0 Å². The molecule has 0 saturated carbocycles. The lowest BCUT2D eigenvalue weighted by Gasteiger charge is -2.29. The van der Waals surface area contributed by atoms with Gasteiger partial charge >= 0.3 is 10.0 Å². The molecule has 0 amide bonds. The minimum absolute atomic E-state index is 0.589. The third-order valence-electron chi connectivity index (χ3n) is 2.28. The van der Waals surface area contributed by atoms with E-state index < -0.39 is 18.2 Å². The average molecular weight is 266 g/mol. The molecule has 0 aromatic rings. The van der Waals surface area contributed by atoms with Crippen LogP contribution >= 0.6 is 0 Å². The molecule has 0 heterocycles. The molecule has 0 aromatic heterocycles. The highest BCUT2D eigenvalue weighted by Crippen LogP contribution is 2.05. The van der Waals surface area contributed by atoms with Crippen molar-refractivity contribution in [1.29, 1.82) is 0 Å². The molecule has 0 aliphatic carbocycles. The average Bonchev–Trinajstić information content (AvgIpc) is 2.19. The monoisotopic (exact) mass is 265 g/mol. The van der Waals surface area contributed by atoms with E-state index in [2.05, 4.69) is 38.2 Å². The molecule has 0 unspecified atom stereocenters. The third kappa shape index (κ3) is 14.3. The van der Waals surface area contributed by atoms with Crippen LogP contribution in [0, 0.1) is 0 Å². The fraction of sp³-hybridized carbons (Fsp3) is 1.00. The van der Waals surface area contributed by atoms with E-state index >= 15 is 0 Å². The second kappa shape index (κ2) is 11.8. The first-order valence-corrected chi connectivity index (χ1v) is 10.9. The summed E-state index contributed by atoms with van der Waals surface area (Å²) in [7, 11) is 0.695. The molecular formula is C11H31NO2Si2. The summed E-state index contributed by atoms with van der Waals surface area (Å²) in [6.07, 6.45) is 1.28. The van der Waals surface area contributed by atoms with E-state index in [1.165, 1.54) is 13.0 Å². The highest BCUT2D eigenvalue weighted by Gasteiger charge is 2.17. The number of hydrogen-bond donors (Lipinski definition) is 0. The van der Waals surface area contributed by atoms with Gasteiger partial charge in [-0.1, -0.05) is 26.6 Å². The highest BCUT2D eigenvalue weighted by molar-refractivity contribution is 6.73. The lowest BCUT2D eigenvalue weighted by molar-refractivity contribution is 0.240. The summed E-state index contributed by atoms with van der Waals surface area (Å²) >= 11 is 0. The Hall–Kier alpha value is 0.314. The van der Waals surface area contributed by atoms with Gasteiger partial charge in [0.2, 0.25) is 0 Å². The molecule has 0 atom stereocenters. The van der Waals surface area contributed by atoms with Crippen molar-refractivity contribution in [3.05, 3.63) is 0 Å². The lowest BCUT2D eigenvalue weighted by atomic mass is 10.5. The van der Waals surface area contributed by atoms with Gasteiger partial charge in [0.25, 0.3) is 0 Å². The fourth-order valence-corrected chi connectivity index (χ4v) is 2.24. The van der Waals surface area contributed by atoms with Gasteiger partial charge in [0.05, 0.1) is 0 Å². The molecule has 0 rings (SSSR count). The van der Waals surface area contributed by atoms with Crippen molar-refractivity contribution in [2.75, 3.05) is 26.8 Å². The zero-order valence-electron chi connectivity index (χ0n) is 12.3. The van der Waals surface area contributed by atoms with Crippen molar-refractivity contribution in [2.45, 2.75) is 46.8 Å². The molecule has 0 bridgehead atoms. The molecule has 0 aliphatic rings. The van der Waals surface area contributed by atoms with Gasteiger partial charge in [-0.25, -0.2) is 0 Å². The van der Waals surface area contributed by atoms with Crippen LogP contribution in [0.15, 0.2) is 0 Å². The molecule has 5 heteroatoms. The summed E-state index contributed by atoms with van der Waals surface area (Å²) in [5.74, 6) is 0. The smallest absolute Gasteiger partial charge is 0.304 e. The van der Waals surface area contributed by atoms with Crippen molar-refractivity contribution in [1.82, 2.24) is 4.57 Å². The van der Waals surface area contributed by atoms with Gasteiger partial charge in [0, 0.05) is 13.2 Å². The van der Waals surface area contributed by atoms with Crippen molar-refractivity contribution >= 4 is 18.2 Å². The quantitative estimate of drug-likeness (QED) is 0.520. The van der Waals surface area contributed by atoms with Crippen LogP contribution in [0.3, 0.4) is 0 Å². The maximum Gasteiger partial charge on any atom is 0.304 e. The Bertz CT molecular complexity index is 136. The van der Waals surface area contributed by atoms with Gasteiger partial charge in [0.1, 0.15) is 8.24 Å². The molecule has 0 aliphatic heterocycles. The Kier molecular flexibility index (Phi) is 13.8. The standard InChI is InChI=1S/C7H19NSi.C4H12O2Si/c1-6-7-8(2)9(3,4)5;1-3-5-7-6-4-2/h6-7H2,1-5H3;3-4,7H2,1-2H3. The Morgan fingerprint density at radius 3 is 1.62 bits per heavy atom. The summed E-state index contributed by atoms with van der Waals surface area (Å²) < 4.78 is 12.5. The second-order valence-electron chi connectivity index (χ2n) is 4.70. The zero-order valence-corrected chi connectivity index (χ0v) is 14.7. The van der Waals surface area contributed by atoms with E-state index in [1.54, 1.807) is 0 Å². The van der Waals surface area contributed by atoms with E-state index in [1.807, 2.05) is 13.8 Å². The molecule has 0 aromatic carbocycles. The van der Waals surface area contributed by atoms with Gasteiger partial charge in [0.15, 0.2) is 0 Å². The fourth-order valence-electron chi connectivity index (χ4n) is 0.896. The van der Waals surface area contributed by atoms with Crippen molar-refractivity contribution in [3.8, 4) is 0 Å². The SMILES string of the molecule is CCCN(C)[Si](C)(C)C.CCO[SiH2]OCC. The minimum Gasteiger partial charge on any atom is -0.399 e. The molecule has 0 N–H and O–H groups in total. The first-order valence-electron chi connectivity index (χ1n) is 6.26. The summed E-state index contributed by atoms with van der Waals surface area (Å²) in [6, 6.07) is 0. The lowest BCUT2D eigenvalue weighted by Crippen LogP contribution is -2.43. The molecule has 0 saturated heterocycles. The van der Waals surface area contributed by atoms with Crippen LogP contribution in [0.4, 0.5) is 0 Å². The van der Waals surface area contributed by atoms with E-state index in [-0.39, 0.29) is 0 Å². The topological polar surface area (TPSA) is 21.7 Å². The van der Waals surface area contributed by atoms with E-state index in [0.717, 1.165) is 13.2 Å². The Morgan fingerprint density at radius 2 is 1.44 bits per heavy atom. The van der Waals surface area contributed by atoms with Crippen molar-refractivity contribution in [2.24, 2.45) is 0 Å². The summed E-state index contributed by atoms with van der Waals surface area (Å²) in [6.45, 7) is 16.2. The molecule has 3 nitrogen and oxygen atoms in total. The van der Waals surface area contributed by atoms with E-state index in [0.29, 0.717) is 0 Å². The maximum absolute atomic E-state index is 4.99. The van der Waals surface area contributed by atoms with E-state index in [9.17, 15) is 0 Å². The first kappa shape index (κ1) is 18.7. The molecule has 0 radical (unpaired) electrons. The predicted molar refractivity (Wildman–Crippen MR) is 78.1 cm³/mol. The van der Waals surface area contributed by atoms with Gasteiger partial charge in [-0.05, 0) is 33.9 Å². The largest absolute Gasteiger partial charge is 0.399 e. The summed E-state index contributed by atoms with van der Waals surface area (Å²) in [4.78, 5) is 0. The van der Waals surface area contributed by atoms with Crippen LogP contribution in [0.25, 0.3) is 0 Å². The van der Waals surface area contributed by atoms with Gasteiger partial charge in [-0.15, -0.1) is 0 Å². The first-order chi connectivity index (χ1) is 7.40. The van der Waals surface area contributed by atoms with Crippen LogP contribution < -0.4 is 0 Å². The maximum atomic E-state index is 4.99. The second-order valence-corrected chi connectivity index (χ2v) is 10.9. The normalized spacial score (nSPS) is 11.2. The molecule has 0 spiro atoms. The molecule has 0 fully saturated rings. The van der Waals surface area contributed by atoms with Crippen LogP contribution in [-0.2, 0) is 8.85 Å². The summed E-state index contributed by atoms with van der Waals surface area (Å²) in [5.41, 5.74) is 0. The van der Waals surface area contributed by atoms with Gasteiger partial charge in [-0.3, -0.25) is 0 Å². The molecule has 100 valence electrons. The van der Waals surface area contributed by atoms with Crippen molar-refractivity contribution < 1.29 is 8.85 Å². The number of rotatable bonds is 7. The molecule has 16 heavy (non-hydrogen) atoms. The highest BCUT2D eigenvalue weighted by atomic mass is 28.3. The Labute approximate surface area is 106 Å². The summed E-state index contributed by atoms with van der Waals surface area (Å²) in [5, 5.41) is 0. The van der Waals surface area contributed by atoms with Crippen LogP contribution in [0.1, 0.15) is 27.2 Å². The van der Waals surface area contributed by atoms with Crippen LogP contribution in [0.2, 0.25) is 19.6 Å². The number of hydrogen-bond acceptors (Lipinski definition) is 3. The minimum atomic E-state index is -0.948. The number of nitrogens with zero attached hydrogens (tertiary/aromatic N) is 1. The Morgan fingerprint density at radius 1 is 1.00 bits per heavy atom. The van der Waals surface area contributed by atoms with E-state index in [4.69, 9.17) is 8.85 Å². The van der Waals surface area contributed by atoms with Crippen LogP contribution in [-0.4, -0.2) is 49.6 Å². The zero-order chi connectivity index (χ0) is 13.0.